The Bertz CT molecular complexity index is 784. The van der Waals surface area contributed by atoms with Gasteiger partial charge >= 0.3 is 0 Å². The number of likely N-dealkylation sites (tertiary alicyclic amines) is 1. The van der Waals surface area contributed by atoms with Crippen molar-refractivity contribution in [1.29, 1.82) is 0 Å². The number of hydrogen-bond donors (Lipinski definition) is 1. The molecule has 1 saturated heterocycles. The van der Waals surface area contributed by atoms with Crippen molar-refractivity contribution in [3.05, 3.63) is 11.4 Å². The third kappa shape index (κ3) is 4.07. The highest BCUT2D eigenvalue weighted by Gasteiger charge is 2.43. The molecule has 3 fully saturated rings. The summed E-state index contributed by atoms with van der Waals surface area (Å²) in [6.45, 7) is 7.83. The molecule has 2 N–H and O–H groups in total. The summed E-state index contributed by atoms with van der Waals surface area (Å²) in [5.41, 5.74) is 7.70. The Labute approximate surface area is 178 Å². The summed E-state index contributed by atoms with van der Waals surface area (Å²) in [7, 11) is 0. The number of primary amides is 1. The number of fused-ring (bicyclic) bond motifs is 2. The third-order valence-electron chi connectivity index (χ3n) is 7.75. The number of imidazole rings is 1. The first-order valence-corrected chi connectivity index (χ1v) is 12.1. The molecule has 2 bridgehead atoms. The molecule has 2 amide bonds. The van der Waals surface area contributed by atoms with Crippen LogP contribution in [0, 0.1) is 37.5 Å². The first kappa shape index (κ1) is 20.8. The Balaban J connectivity index is 1.40. The molecule has 1 aromatic heterocycles. The normalized spacial score (nSPS) is 28.1. The molecule has 0 spiro atoms. The zero-order valence-electron chi connectivity index (χ0n) is 17.9. The topological polar surface area (TPSA) is 81.2 Å². The average molecular weight is 419 g/mol. The lowest BCUT2D eigenvalue weighted by Gasteiger charge is -2.31. The van der Waals surface area contributed by atoms with Gasteiger partial charge in [0.25, 0.3) is 0 Å². The number of rotatable bonds is 6. The largest absolute Gasteiger partial charge is 0.369 e. The molecular weight excluding hydrogens is 384 g/mol. The number of nitrogens with two attached hydrogens (primary N) is 1. The maximum Gasteiger partial charge on any atom is 0.233 e. The van der Waals surface area contributed by atoms with Crippen LogP contribution in [0.2, 0.25) is 0 Å². The molecule has 1 aromatic rings. The van der Waals surface area contributed by atoms with E-state index in [2.05, 4.69) is 25.3 Å². The van der Waals surface area contributed by atoms with Crippen LogP contribution in [0.4, 0.5) is 0 Å². The molecule has 160 valence electrons. The fourth-order valence-corrected chi connectivity index (χ4v) is 6.96. The number of carbonyl (C=O) groups is 2. The number of aromatic nitrogens is 2. The van der Waals surface area contributed by atoms with Crippen molar-refractivity contribution >= 4 is 23.6 Å². The van der Waals surface area contributed by atoms with Gasteiger partial charge in [0.15, 0.2) is 5.16 Å². The molecule has 2 heterocycles. The highest BCUT2D eigenvalue weighted by molar-refractivity contribution is 7.99. The fraction of sp³-hybridized carbons (Fsp3) is 0.773. The molecule has 4 rings (SSSR count). The van der Waals surface area contributed by atoms with E-state index in [9.17, 15) is 9.59 Å². The molecular formula is C22H34N4O2S. The zero-order valence-corrected chi connectivity index (χ0v) is 18.7. The van der Waals surface area contributed by atoms with Crippen LogP contribution in [0.5, 0.6) is 0 Å². The van der Waals surface area contributed by atoms with E-state index in [1.165, 1.54) is 31.4 Å². The Morgan fingerprint density at radius 2 is 1.90 bits per heavy atom. The van der Waals surface area contributed by atoms with Gasteiger partial charge in [-0.05, 0) is 70.6 Å². The molecule has 2 aliphatic carbocycles. The van der Waals surface area contributed by atoms with E-state index in [1.807, 2.05) is 4.90 Å². The van der Waals surface area contributed by atoms with Crippen molar-refractivity contribution in [2.45, 2.75) is 70.5 Å². The van der Waals surface area contributed by atoms with Gasteiger partial charge in [0.05, 0.1) is 11.4 Å². The minimum absolute atomic E-state index is 0.0847. The van der Waals surface area contributed by atoms with Crippen molar-refractivity contribution in [3.63, 3.8) is 0 Å². The molecule has 1 aliphatic heterocycles. The summed E-state index contributed by atoms with van der Waals surface area (Å²) >= 11 is 1.57. The number of aryl methyl sites for hydroxylation is 1. The van der Waals surface area contributed by atoms with E-state index in [-0.39, 0.29) is 17.7 Å². The second kappa shape index (κ2) is 8.32. The first-order valence-electron chi connectivity index (χ1n) is 11.1. The number of amides is 2. The summed E-state index contributed by atoms with van der Waals surface area (Å²) in [5.74, 6) is 2.74. The zero-order chi connectivity index (χ0) is 20.7. The van der Waals surface area contributed by atoms with E-state index < -0.39 is 0 Å². The van der Waals surface area contributed by atoms with Crippen molar-refractivity contribution in [2.24, 2.45) is 29.4 Å². The van der Waals surface area contributed by atoms with Crippen LogP contribution in [-0.2, 0) is 9.59 Å². The monoisotopic (exact) mass is 418 g/mol. The van der Waals surface area contributed by atoms with E-state index in [4.69, 9.17) is 10.7 Å². The highest BCUT2D eigenvalue weighted by Crippen LogP contribution is 2.52. The van der Waals surface area contributed by atoms with Crippen LogP contribution < -0.4 is 5.73 Å². The average Bonchev–Trinajstić information content (AvgIpc) is 3.41. The van der Waals surface area contributed by atoms with Crippen LogP contribution in [0.25, 0.3) is 0 Å². The van der Waals surface area contributed by atoms with Crippen LogP contribution >= 0.6 is 11.8 Å². The van der Waals surface area contributed by atoms with Crippen LogP contribution in [0.15, 0.2) is 5.16 Å². The number of carbonyl (C=O) groups excluding carboxylic acids is 2. The van der Waals surface area contributed by atoms with Crippen molar-refractivity contribution in [1.82, 2.24) is 14.5 Å². The summed E-state index contributed by atoms with van der Waals surface area (Å²) in [6, 6.07) is 0.440. The Kier molecular flexibility index (Phi) is 5.96. The van der Waals surface area contributed by atoms with Crippen LogP contribution in [0.1, 0.15) is 62.9 Å². The lowest BCUT2D eigenvalue weighted by molar-refractivity contribution is -0.132. The summed E-state index contributed by atoms with van der Waals surface area (Å²) < 4.78 is 2.40. The second-order valence-electron chi connectivity index (χ2n) is 9.36. The molecule has 6 nitrogen and oxygen atoms in total. The number of nitrogens with zero attached hydrogens (tertiary/aromatic N) is 3. The fourth-order valence-electron chi connectivity index (χ4n) is 5.88. The lowest BCUT2D eigenvalue weighted by atomic mass is 9.84. The van der Waals surface area contributed by atoms with Crippen molar-refractivity contribution < 1.29 is 9.59 Å². The summed E-state index contributed by atoms with van der Waals surface area (Å²) in [5, 5.41) is 0.982. The Morgan fingerprint density at radius 3 is 2.48 bits per heavy atom. The van der Waals surface area contributed by atoms with Gasteiger partial charge in [-0.2, -0.15) is 0 Å². The number of piperidine rings is 1. The molecule has 2 saturated carbocycles. The van der Waals surface area contributed by atoms with Gasteiger partial charge < -0.3 is 15.2 Å². The van der Waals surface area contributed by atoms with Crippen molar-refractivity contribution in [3.8, 4) is 0 Å². The third-order valence-corrected chi connectivity index (χ3v) is 8.69. The molecule has 7 heteroatoms. The van der Waals surface area contributed by atoms with E-state index in [0.717, 1.165) is 28.6 Å². The van der Waals surface area contributed by atoms with E-state index >= 15 is 0 Å². The van der Waals surface area contributed by atoms with Gasteiger partial charge in [0.2, 0.25) is 11.8 Å². The highest BCUT2D eigenvalue weighted by atomic mass is 32.2. The smallest absolute Gasteiger partial charge is 0.233 e. The SMILES string of the molecule is Cc1nc(SCC(=O)N2CCC(C(N)=O)CC2)n([C@H](C)[C@@H]2C[C@H]3CC[C@H]2C3)c1C. The van der Waals surface area contributed by atoms with Crippen LogP contribution in [0.3, 0.4) is 0 Å². The van der Waals surface area contributed by atoms with Gasteiger partial charge in [0, 0.05) is 30.7 Å². The van der Waals surface area contributed by atoms with E-state index in [1.54, 1.807) is 11.8 Å². The predicted octanol–water partition coefficient (Wildman–Crippen LogP) is 3.31. The minimum Gasteiger partial charge on any atom is -0.369 e. The molecule has 3 aliphatic rings. The molecule has 0 radical (unpaired) electrons. The number of hydrogen-bond acceptors (Lipinski definition) is 4. The first-order chi connectivity index (χ1) is 13.8. The van der Waals surface area contributed by atoms with Crippen LogP contribution in [-0.4, -0.2) is 45.1 Å². The van der Waals surface area contributed by atoms with Gasteiger partial charge in [-0.3, -0.25) is 9.59 Å². The Morgan fingerprint density at radius 1 is 1.17 bits per heavy atom. The van der Waals surface area contributed by atoms with Gasteiger partial charge in [-0.15, -0.1) is 0 Å². The second-order valence-corrected chi connectivity index (χ2v) is 10.3. The van der Waals surface area contributed by atoms with Gasteiger partial charge in [-0.25, -0.2) is 4.98 Å². The summed E-state index contributed by atoms with van der Waals surface area (Å²) in [6.07, 6.45) is 6.91. The van der Waals surface area contributed by atoms with E-state index in [0.29, 0.717) is 37.7 Å². The molecule has 4 atom stereocenters. The van der Waals surface area contributed by atoms with Gasteiger partial charge in [-0.1, -0.05) is 18.2 Å². The molecule has 29 heavy (non-hydrogen) atoms. The summed E-state index contributed by atoms with van der Waals surface area (Å²) in [4.78, 5) is 30.8. The molecule has 0 aromatic carbocycles. The predicted molar refractivity (Wildman–Crippen MR) is 115 cm³/mol. The minimum atomic E-state index is -0.242. The maximum absolute atomic E-state index is 12.7. The van der Waals surface area contributed by atoms with Gasteiger partial charge in [0.1, 0.15) is 0 Å². The quantitative estimate of drug-likeness (QED) is 0.719. The maximum atomic E-state index is 12.7. The standard InChI is InChI=1S/C22H34N4O2S/c1-13-14(2)26(15(3)19-11-16-4-5-18(19)10-16)22(24-13)29-12-20(27)25-8-6-17(7-9-25)21(23)28/h15-19H,4-12H2,1-3H3,(H2,23,28)/t15-,16+,18+,19+/m1/s1. The molecule has 0 unspecified atom stereocenters. The Hall–Kier alpha value is -1.50. The number of thioether (sulfide) groups is 1. The lowest BCUT2D eigenvalue weighted by Crippen LogP contribution is -2.42. The van der Waals surface area contributed by atoms with Crippen molar-refractivity contribution in [2.75, 3.05) is 18.8 Å².